The molecule has 2 amide bonds. The molecule has 0 radical (unpaired) electrons. The van der Waals surface area contributed by atoms with E-state index in [-0.39, 0.29) is 18.1 Å². The van der Waals surface area contributed by atoms with Crippen molar-refractivity contribution in [2.45, 2.75) is 33.4 Å². The van der Waals surface area contributed by atoms with Crippen LogP contribution in [0.15, 0.2) is 42.5 Å². The van der Waals surface area contributed by atoms with Crippen LogP contribution in [0.3, 0.4) is 0 Å². The Kier molecular flexibility index (Phi) is 8.95. The summed E-state index contributed by atoms with van der Waals surface area (Å²) in [7, 11) is -3.81. The molecule has 0 bridgehead atoms. The number of hydrogen-bond acceptors (Lipinski definition) is 4. The third-order valence-corrected chi connectivity index (χ3v) is 6.67. The van der Waals surface area contributed by atoms with Crippen LogP contribution in [-0.4, -0.2) is 50.5 Å². The molecule has 174 valence electrons. The Labute approximate surface area is 199 Å². The zero-order chi connectivity index (χ0) is 24.1. The predicted octanol–water partition coefficient (Wildman–Crippen LogP) is 3.62. The van der Waals surface area contributed by atoms with Gasteiger partial charge in [-0.15, -0.1) is 0 Å². The minimum atomic E-state index is -3.81. The zero-order valence-electron chi connectivity index (χ0n) is 18.4. The molecule has 0 saturated heterocycles. The lowest BCUT2D eigenvalue weighted by Crippen LogP contribution is -2.51. The van der Waals surface area contributed by atoms with Gasteiger partial charge in [-0.1, -0.05) is 41.4 Å². The van der Waals surface area contributed by atoms with Gasteiger partial charge in [0.25, 0.3) is 0 Å². The van der Waals surface area contributed by atoms with Crippen LogP contribution in [0.25, 0.3) is 0 Å². The van der Waals surface area contributed by atoms with E-state index in [4.69, 9.17) is 23.2 Å². The number of likely N-dealkylation sites (N-methyl/N-ethyl adjacent to an activating group) is 1. The third-order valence-electron chi connectivity index (χ3n) is 4.88. The first-order valence-corrected chi connectivity index (χ1v) is 12.6. The van der Waals surface area contributed by atoms with Crippen LogP contribution in [0.2, 0.25) is 10.0 Å². The smallest absolute Gasteiger partial charge is 0.244 e. The van der Waals surface area contributed by atoms with Crippen molar-refractivity contribution in [1.82, 2.24) is 10.2 Å². The van der Waals surface area contributed by atoms with Gasteiger partial charge in [-0.3, -0.25) is 13.9 Å². The molecule has 0 fully saturated rings. The van der Waals surface area contributed by atoms with E-state index in [2.05, 4.69) is 5.32 Å². The summed E-state index contributed by atoms with van der Waals surface area (Å²) in [6.07, 6.45) is 1.02. The van der Waals surface area contributed by atoms with Crippen molar-refractivity contribution in [3.63, 3.8) is 0 Å². The minimum Gasteiger partial charge on any atom is -0.355 e. The molecule has 1 N–H and O–H groups in total. The first kappa shape index (κ1) is 26.0. The summed E-state index contributed by atoms with van der Waals surface area (Å²) in [6.45, 7) is 5.18. The summed E-state index contributed by atoms with van der Waals surface area (Å²) in [4.78, 5) is 27.2. The molecule has 2 aromatic rings. The fraction of sp³-hybridized carbons (Fsp3) is 0.364. The van der Waals surface area contributed by atoms with Crippen LogP contribution in [0.5, 0.6) is 0 Å². The van der Waals surface area contributed by atoms with Crippen molar-refractivity contribution >= 4 is 50.7 Å². The van der Waals surface area contributed by atoms with Gasteiger partial charge in [0.05, 0.1) is 11.9 Å². The highest BCUT2D eigenvalue weighted by Gasteiger charge is 2.30. The zero-order valence-corrected chi connectivity index (χ0v) is 20.8. The van der Waals surface area contributed by atoms with Crippen molar-refractivity contribution in [2.24, 2.45) is 0 Å². The largest absolute Gasteiger partial charge is 0.355 e. The molecular formula is C22H27Cl2N3O4S. The predicted molar refractivity (Wildman–Crippen MR) is 129 cm³/mol. The monoisotopic (exact) mass is 499 g/mol. The molecule has 0 aromatic heterocycles. The molecule has 10 heteroatoms. The van der Waals surface area contributed by atoms with E-state index in [0.29, 0.717) is 22.2 Å². The number of amides is 2. The summed E-state index contributed by atoms with van der Waals surface area (Å²) in [5.41, 5.74) is 1.76. The van der Waals surface area contributed by atoms with E-state index in [9.17, 15) is 18.0 Å². The average Bonchev–Trinajstić information content (AvgIpc) is 2.71. The molecular weight excluding hydrogens is 473 g/mol. The van der Waals surface area contributed by atoms with E-state index in [1.54, 1.807) is 57.2 Å². The summed E-state index contributed by atoms with van der Waals surface area (Å²) in [6, 6.07) is 10.9. The number of sulfonamides is 1. The maximum Gasteiger partial charge on any atom is 0.244 e. The molecule has 0 heterocycles. The minimum absolute atomic E-state index is 0.0873. The lowest BCUT2D eigenvalue weighted by atomic mass is 10.1. The summed E-state index contributed by atoms with van der Waals surface area (Å²) >= 11 is 12.2. The van der Waals surface area contributed by atoms with E-state index in [0.717, 1.165) is 16.1 Å². The van der Waals surface area contributed by atoms with Crippen LogP contribution < -0.4 is 9.62 Å². The van der Waals surface area contributed by atoms with Crippen LogP contribution in [-0.2, 0) is 26.2 Å². The topological polar surface area (TPSA) is 86.8 Å². The molecule has 32 heavy (non-hydrogen) atoms. The lowest BCUT2D eigenvalue weighted by molar-refractivity contribution is -0.139. The van der Waals surface area contributed by atoms with Gasteiger partial charge in [0.2, 0.25) is 21.8 Å². The summed E-state index contributed by atoms with van der Waals surface area (Å²) in [5, 5.41) is 3.58. The quantitative estimate of drug-likeness (QED) is 0.570. The molecule has 0 aliphatic heterocycles. The van der Waals surface area contributed by atoms with Gasteiger partial charge in [-0.25, -0.2) is 8.42 Å². The number of anilines is 1. The highest BCUT2D eigenvalue weighted by Crippen LogP contribution is 2.25. The van der Waals surface area contributed by atoms with E-state index >= 15 is 0 Å². The lowest BCUT2D eigenvalue weighted by Gasteiger charge is -2.31. The van der Waals surface area contributed by atoms with Crippen molar-refractivity contribution in [2.75, 3.05) is 23.7 Å². The molecule has 2 aromatic carbocycles. The molecule has 7 nitrogen and oxygen atoms in total. The number of nitrogens with zero attached hydrogens (tertiary/aromatic N) is 2. The van der Waals surface area contributed by atoms with Gasteiger partial charge in [0.1, 0.15) is 12.6 Å². The summed E-state index contributed by atoms with van der Waals surface area (Å²) < 4.78 is 26.0. The number of carbonyl (C=O) groups is 2. The van der Waals surface area contributed by atoms with Crippen molar-refractivity contribution in [3.05, 3.63) is 63.6 Å². The molecule has 0 aliphatic carbocycles. The maximum absolute atomic E-state index is 13.3. The second kappa shape index (κ2) is 11.0. The van der Waals surface area contributed by atoms with E-state index in [1.807, 2.05) is 0 Å². The Morgan fingerprint density at radius 1 is 1.12 bits per heavy atom. The molecule has 1 atom stereocenters. The van der Waals surface area contributed by atoms with Crippen molar-refractivity contribution in [3.8, 4) is 0 Å². The first-order chi connectivity index (χ1) is 14.9. The molecule has 0 saturated carbocycles. The Hall–Kier alpha value is -2.29. The number of aryl methyl sites for hydroxylation is 1. The number of nitrogens with one attached hydrogen (secondary N) is 1. The molecule has 0 unspecified atom stereocenters. The van der Waals surface area contributed by atoms with Gasteiger partial charge in [0, 0.05) is 23.1 Å². The van der Waals surface area contributed by atoms with Gasteiger partial charge < -0.3 is 10.2 Å². The van der Waals surface area contributed by atoms with E-state index < -0.39 is 28.5 Å². The number of benzene rings is 2. The number of rotatable bonds is 9. The highest BCUT2D eigenvalue weighted by atomic mass is 35.5. The van der Waals surface area contributed by atoms with E-state index in [1.165, 1.54) is 11.0 Å². The van der Waals surface area contributed by atoms with Gasteiger partial charge >= 0.3 is 0 Å². The van der Waals surface area contributed by atoms with Crippen molar-refractivity contribution in [1.29, 1.82) is 0 Å². The normalized spacial score (nSPS) is 12.2. The van der Waals surface area contributed by atoms with Gasteiger partial charge in [-0.05, 0) is 56.2 Å². The number of carbonyl (C=O) groups excluding carboxylic acids is 2. The summed E-state index contributed by atoms with van der Waals surface area (Å²) in [5.74, 6) is -0.877. The Morgan fingerprint density at radius 3 is 2.38 bits per heavy atom. The second-order valence-corrected chi connectivity index (χ2v) is 10.2. The van der Waals surface area contributed by atoms with Crippen molar-refractivity contribution < 1.29 is 18.0 Å². The first-order valence-electron chi connectivity index (χ1n) is 9.99. The van der Waals surface area contributed by atoms with Crippen LogP contribution in [0.1, 0.15) is 25.0 Å². The Balaban J connectivity index is 2.40. The Morgan fingerprint density at radius 2 is 1.81 bits per heavy atom. The Bertz CT molecular complexity index is 1090. The van der Waals surface area contributed by atoms with Crippen LogP contribution in [0, 0.1) is 6.92 Å². The fourth-order valence-corrected chi connectivity index (χ4v) is 4.32. The maximum atomic E-state index is 13.3. The SMILES string of the molecule is CCNC(=O)[C@H](C)N(Cc1cccc(Cl)c1)C(=O)CN(c1ccc(C)c(Cl)c1)S(C)(=O)=O. The molecule has 0 spiro atoms. The highest BCUT2D eigenvalue weighted by molar-refractivity contribution is 7.92. The third kappa shape index (κ3) is 6.85. The average molecular weight is 500 g/mol. The van der Waals surface area contributed by atoms with Crippen LogP contribution >= 0.6 is 23.2 Å². The van der Waals surface area contributed by atoms with Gasteiger partial charge in [-0.2, -0.15) is 0 Å². The van der Waals surface area contributed by atoms with Gasteiger partial charge in [0.15, 0.2) is 0 Å². The second-order valence-electron chi connectivity index (χ2n) is 7.43. The number of halogens is 2. The standard InChI is InChI=1S/C22H27Cl2N3O4S/c1-5-25-22(29)16(3)26(13-17-7-6-8-18(23)11-17)21(28)14-27(32(4,30)31)19-10-9-15(2)20(24)12-19/h6-12,16H,5,13-14H2,1-4H3,(H,25,29)/t16-/m0/s1. The molecule has 0 aliphatic rings. The molecule has 2 rings (SSSR count). The van der Waals surface area contributed by atoms with Crippen LogP contribution in [0.4, 0.5) is 5.69 Å². The number of hydrogen-bond donors (Lipinski definition) is 1. The fourth-order valence-electron chi connectivity index (χ4n) is 3.09.